The lowest BCUT2D eigenvalue weighted by molar-refractivity contribution is -0.105. The third-order valence-electron chi connectivity index (χ3n) is 7.81. The van der Waals surface area contributed by atoms with Crippen molar-refractivity contribution in [3.8, 4) is 0 Å². The van der Waals surface area contributed by atoms with Gasteiger partial charge in [-0.25, -0.2) is 0 Å². The summed E-state index contributed by atoms with van der Waals surface area (Å²) in [6, 6.07) is 0. The van der Waals surface area contributed by atoms with Crippen LogP contribution in [-0.2, 0) is 0 Å². The van der Waals surface area contributed by atoms with Crippen LogP contribution in [0.25, 0.3) is 0 Å². The van der Waals surface area contributed by atoms with Gasteiger partial charge in [0.25, 0.3) is 0 Å². The molecule has 5 fully saturated rings. The summed E-state index contributed by atoms with van der Waals surface area (Å²) >= 11 is 0. The molecule has 1 heteroatoms. The van der Waals surface area contributed by atoms with E-state index in [1.165, 1.54) is 32.1 Å². The molecule has 5 saturated carbocycles. The molecule has 5 rings (SSSR count). The smallest absolute Gasteiger partial charge is 0.0490 e. The number of hydrogen-bond acceptors (Lipinski definition) is 1. The Balaban J connectivity index is 1.90. The fraction of sp³-hybridized carbons (Fsp3) is 1.00. The van der Waals surface area contributed by atoms with Crippen LogP contribution in [0, 0.1) is 33.5 Å². The second kappa shape index (κ2) is 2.25. The summed E-state index contributed by atoms with van der Waals surface area (Å²) in [6.07, 6.45) is 6.88. The molecule has 0 heterocycles. The van der Waals surface area contributed by atoms with Crippen molar-refractivity contribution < 1.29 is 5.11 Å². The molecule has 5 aliphatic carbocycles. The molecular weight excluding hydrogens is 196 g/mol. The molecular formula is C15H24O. The summed E-state index contributed by atoms with van der Waals surface area (Å²) in [5.74, 6) is 2.02. The molecule has 1 spiro atoms. The van der Waals surface area contributed by atoms with E-state index in [-0.39, 0.29) is 5.41 Å². The van der Waals surface area contributed by atoms with Crippen molar-refractivity contribution in [1.82, 2.24) is 0 Å². The van der Waals surface area contributed by atoms with Gasteiger partial charge in [-0.1, -0.05) is 27.2 Å². The standard InChI is InChI=1S/C15H24O/c1-12(9-16)5-4-6-14(3)11-10-7-15(12,14)8-13(10,11)2/h10-11,16H,4-9H2,1-3H3/t10-,11+,12+,13-,14-,15-/m1/s1. The fourth-order valence-electron chi connectivity index (χ4n) is 7.11. The molecule has 0 aromatic carbocycles. The zero-order valence-electron chi connectivity index (χ0n) is 10.8. The molecule has 90 valence electrons. The molecule has 0 aromatic rings. The maximum Gasteiger partial charge on any atom is 0.0490 e. The van der Waals surface area contributed by atoms with Gasteiger partial charge in [0, 0.05) is 6.61 Å². The van der Waals surface area contributed by atoms with Gasteiger partial charge in [0.15, 0.2) is 0 Å². The molecule has 16 heavy (non-hydrogen) atoms. The Morgan fingerprint density at radius 2 is 1.94 bits per heavy atom. The minimum atomic E-state index is 0.223. The summed E-state index contributed by atoms with van der Waals surface area (Å²) in [5, 5.41) is 9.92. The van der Waals surface area contributed by atoms with Crippen LogP contribution in [-0.4, -0.2) is 11.7 Å². The Labute approximate surface area is 98.6 Å². The van der Waals surface area contributed by atoms with Crippen molar-refractivity contribution in [2.24, 2.45) is 33.5 Å². The molecule has 4 bridgehead atoms. The molecule has 5 aliphatic rings. The van der Waals surface area contributed by atoms with Crippen LogP contribution in [0.15, 0.2) is 0 Å². The van der Waals surface area contributed by atoms with Gasteiger partial charge in [0.2, 0.25) is 0 Å². The maximum atomic E-state index is 9.92. The maximum absolute atomic E-state index is 9.92. The third-order valence-corrected chi connectivity index (χ3v) is 7.81. The highest BCUT2D eigenvalue weighted by Crippen LogP contribution is 2.94. The highest BCUT2D eigenvalue weighted by atomic mass is 16.3. The normalized spacial score (nSPS) is 70.5. The first-order chi connectivity index (χ1) is 7.44. The lowest BCUT2D eigenvalue weighted by Gasteiger charge is -2.56. The van der Waals surface area contributed by atoms with Crippen LogP contribution in [0.4, 0.5) is 0 Å². The third kappa shape index (κ3) is 0.652. The van der Waals surface area contributed by atoms with E-state index >= 15 is 0 Å². The minimum Gasteiger partial charge on any atom is -0.396 e. The Hall–Kier alpha value is -0.0400. The average molecular weight is 220 g/mol. The molecule has 0 saturated heterocycles. The van der Waals surface area contributed by atoms with E-state index < -0.39 is 0 Å². The van der Waals surface area contributed by atoms with Crippen molar-refractivity contribution >= 4 is 0 Å². The first kappa shape index (κ1) is 9.94. The second-order valence-electron chi connectivity index (χ2n) is 8.04. The summed E-state index contributed by atoms with van der Waals surface area (Å²) in [5.41, 5.74) is 1.97. The lowest BCUT2D eigenvalue weighted by atomic mass is 9.48. The quantitative estimate of drug-likeness (QED) is 0.719. The van der Waals surface area contributed by atoms with E-state index in [2.05, 4.69) is 20.8 Å². The molecule has 0 aliphatic heterocycles. The molecule has 6 atom stereocenters. The van der Waals surface area contributed by atoms with Crippen molar-refractivity contribution in [2.75, 3.05) is 6.61 Å². The van der Waals surface area contributed by atoms with Gasteiger partial charge in [0.1, 0.15) is 0 Å². The monoisotopic (exact) mass is 220 g/mol. The van der Waals surface area contributed by atoms with Gasteiger partial charge in [-0.2, -0.15) is 0 Å². The molecule has 1 N–H and O–H groups in total. The molecule has 1 nitrogen and oxygen atoms in total. The fourth-order valence-corrected chi connectivity index (χ4v) is 7.11. The van der Waals surface area contributed by atoms with Crippen LogP contribution in [0.5, 0.6) is 0 Å². The van der Waals surface area contributed by atoms with E-state index in [0.717, 1.165) is 11.8 Å². The minimum absolute atomic E-state index is 0.223. The van der Waals surface area contributed by atoms with Crippen molar-refractivity contribution in [1.29, 1.82) is 0 Å². The number of hydrogen-bond donors (Lipinski definition) is 1. The van der Waals surface area contributed by atoms with Gasteiger partial charge in [0.05, 0.1) is 0 Å². The van der Waals surface area contributed by atoms with Crippen LogP contribution in [0.2, 0.25) is 0 Å². The average Bonchev–Trinajstić information content (AvgIpc) is 2.54. The summed E-state index contributed by atoms with van der Waals surface area (Å²) < 4.78 is 0. The van der Waals surface area contributed by atoms with Crippen LogP contribution >= 0.6 is 0 Å². The Morgan fingerprint density at radius 1 is 1.19 bits per heavy atom. The summed E-state index contributed by atoms with van der Waals surface area (Å²) in [7, 11) is 0. The van der Waals surface area contributed by atoms with Crippen LogP contribution < -0.4 is 0 Å². The zero-order valence-corrected chi connectivity index (χ0v) is 10.8. The van der Waals surface area contributed by atoms with Crippen molar-refractivity contribution in [2.45, 2.75) is 52.9 Å². The molecule has 0 aromatic heterocycles. The predicted molar refractivity (Wildman–Crippen MR) is 63.9 cm³/mol. The molecule has 0 amide bonds. The van der Waals surface area contributed by atoms with E-state index in [9.17, 15) is 5.11 Å². The number of aliphatic hydroxyl groups is 1. The van der Waals surface area contributed by atoms with Gasteiger partial charge in [-0.05, 0) is 59.2 Å². The Morgan fingerprint density at radius 3 is 2.50 bits per heavy atom. The van der Waals surface area contributed by atoms with E-state index in [0.29, 0.717) is 22.9 Å². The highest BCUT2D eigenvalue weighted by molar-refractivity contribution is 5.36. The van der Waals surface area contributed by atoms with Crippen molar-refractivity contribution in [3.63, 3.8) is 0 Å². The van der Waals surface area contributed by atoms with E-state index in [1.807, 2.05) is 0 Å². The van der Waals surface area contributed by atoms with Gasteiger partial charge in [-0.3, -0.25) is 0 Å². The van der Waals surface area contributed by atoms with Gasteiger partial charge in [-0.15, -0.1) is 0 Å². The Kier molecular flexibility index (Phi) is 1.40. The SMILES string of the molecule is C[C@@]12C[C@@]34C[C@@H]1[C@@H]2[C@@]3(C)CCC[C@@]4(C)CO. The summed E-state index contributed by atoms with van der Waals surface area (Å²) in [6.45, 7) is 7.88. The number of rotatable bonds is 1. The largest absolute Gasteiger partial charge is 0.396 e. The first-order valence-corrected chi connectivity index (χ1v) is 7.05. The summed E-state index contributed by atoms with van der Waals surface area (Å²) in [4.78, 5) is 0. The predicted octanol–water partition coefficient (Wildman–Crippen LogP) is 3.22. The highest BCUT2D eigenvalue weighted by Gasteiger charge is 2.88. The topological polar surface area (TPSA) is 20.2 Å². The van der Waals surface area contributed by atoms with Crippen LogP contribution in [0.3, 0.4) is 0 Å². The van der Waals surface area contributed by atoms with E-state index in [1.54, 1.807) is 0 Å². The first-order valence-electron chi connectivity index (χ1n) is 7.05. The second-order valence-corrected chi connectivity index (χ2v) is 8.04. The van der Waals surface area contributed by atoms with Crippen LogP contribution in [0.1, 0.15) is 52.9 Å². The van der Waals surface area contributed by atoms with Crippen molar-refractivity contribution in [3.05, 3.63) is 0 Å². The zero-order chi connectivity index (χ0) is 11.4. The number of aliphatic hydroxyl groups excluding tert-OH is 1. The molecule has 0 unspecified atom stereocenters. The van der Waals surface area contributed by atoms with E-state index in [4.69, 9.17) is 0 Å². The van der Waals surface area contributed by atoms with Gasteiger partial charge < -0.3 is 5.11 Å². The van der Waals surface area contributed by atoms with Gasteiger partial charge >= 0.3 is 0 Å². The molecule has 0 radical (unpaired) electrons. The lowest BCUT2D eigenvalue weighted by Crippen LogP contribution is -2.51. The Bertz CT molecular complexity index is 378.